The number of rotatable bonds is 3. The molecule has 28 heavy (non-hydrogen) atoms. The van der Waals surface area contributed by atoms with Gasteiger partial charge in [0, 0.05) is 26.9 Å². The van der Waals surface area contributed by atoms with Crippen LogP contribution < -0.4 is 0 Å². The molecule has 0 radical (unpaired) electrons. The van der Waals surface area contributed by atoms with Crippen molar-refractivity contribution in [2.45, 2.75) is 5.16 Å². The fourth-order valence-electron chi connectivity index (χ4n) is 2.96. The number of benzene rings is 2. The molecule has 0 spiro atoms. The maximum absolute atomic E-state index is 6.10. The average molecular weight is 427 g/mol. The molecule has 2 aromatic heterocycles. The molecule has 0 saturated heterocycles. The highest BCUT2D eigenvalue weighted by Gasteiger charge is 2.22. The quantitative estimate of drug-likeness (QED) is 0.410. The van der Waals surface area contributed by atoms with Crippen molar-refractivity contribution in [2.24, 2.45) is 5.10 Å². The van der Waals surface area contributed by atoms with Crippen LogP contribution in [0.3, 0.4) is 0 Å². The predicted molar refractivity (Wildman–Crippen MR) is 112 cm³/mol. The van der Waals surface area contributed by atoms with Gasteiger partial charge < -0.3 is 4.42 Å². The number of thioether (sulfide) groups is 1. The number of nitrogens with zero attached hydrogens (tertiary/aromatic N) is 4. The molecule has 1 aliphatic rings. The molecular formula is C20H12Cl2N4OS. The van der Waals surface area contributed by atoms with Gasteiger partial charge in [0.05, 0.1) is 0 Å². The van der Waals surface area contributed by atoms with Crippen molar-refractivity contribution in [3.8, 4) is 22.7 Å². The van der Waals surface area contributed by atoms with Crippen molar-refractivity contribution in [3.05, 3.63) is 76.5 Å². The molecule has 2 aromatic carbocycles. The highest BCUT2D eigenvalue weighted by molar-refractivity contribution is 7.99. The van der Waals surface area contributed by atoms with Crippen LogP contribution in [0.5, 0.6) is 0 Å². The highest BCUT2D eigenvalue weighted by atomic mass is 35.5. The Morgan fingerprint density at radius 3 is 2.39 bits per heavy atom. The first-order valence-electron chi connectivity index (χ1n) is 8.45. The third kappa shape index (κ3) is 3.24. The van der Waals surface area contributed by atoms with E-state index in [2.05, 4.69) is 10.2 Å². The van der Waals surface area contributed by atoms with E-state index in [1.54, 1.807) is 22.5 Å². The van der Waals surface area contributed by atoms with Crippen molar-refractivity contribution in [1.82, 2.24) is 14.9 Å². The lowest BCUT2D eigenvalue weighted by atomic mass is 10.2. The topological polar surface area (TPSA) is 56.2 Å². The molecule has 0 amide bonds. The van der Waals surface area contributed by atoms with Crippen LogP contribution in [-0.4, -0.2) is 26.3 Å². The smallest absolute Gasteiger partial charge is 0.212 e. The second kappa shape index (κ2) is 7.13. The second-order valence-electron chi connectivity index (χ2n) is 6.14. The van der Waals surface area contributed by atoms with Gasteiger partial charge in [0.2, 0.25) is 5.16 Å². The number of aromatic nitrogens is 3. The molecular weight excluding hydrogens is 415 g/mol. The number of halogens is 2. The molecule has 5 rings (SSSR count). The lowest BCUT2D eigenvalue weighted by Gasteiger charge is -2.12. The van der Waals surface area contributed by atoms with E-state index in [0.29, 0.717) is 33.1 Å². The van der Waals surface area contributed by atoms with E-state index in [1.165, 1.54) is 0 Å². The van der Waals surface area contributed by atoms with Crippen LogP contribution in [0.2, 0.25) is 10.0 Å². The maximum atomic E-state index is 6.10. The van der Waals surface area contributed by atoms with Gasteiger partial charge in [-0.1, -0.05) is 65.3 Å². The Kier molecular flexibility index (Phi) is 4.47. The molecule has 0 aliphatic carbocycles. The first-order valence-corrected chi connectivity index (χ1v) is 10.2. The number of furan rings is 1. The normalized spacial score (nSPS) is 13.3. The molecule has 138 valence electrons. The predicted octanol–water partition coefficient (Wildman–Crippen LogP) is 5.87. The highest BCUT2D eigenvalue weighted by Crippen LogP contribution is 2.32. The van der Waals surface area contributed by atoms with E-state index < -0.39 is 0 Å². The zero-order valence-corrected chi connectivity index (χ0v) is 16.7. The van der Waals surface area contributed by atoms with Gasteiger partial charge in [0.1, 0.15) is 11.5 Å². The first-order chi connectivity index (χ1) is 13.7. The maximum Gasteiger partial charge on any atom is 0.212 e. The van der Waals surface area contributed by atoms with E-state index in [9.17, 15) is 0 Å². The summed E-state index contributed by atoms with van der Waals surface area (Å²) in [4.78, 5) is 0. The van der Waals surface area contributed by atoms with E-state index in [0.717, 1.165) is 22.0 Å². The standard InChI is InChI=1S/C20H12Cl2N4OS/c21-14-8-13(9-15(22)10-14)17-6-7-18(27-17)16-11-28-20-24-23-19(26(20)25-16)12-4-2-1-3-5-12/h1-10H,11H2. The molecule has 3 heterocycles. The van der Waals surface area contributed by atoms with Gasteiger partial charge in [0.25, 0.3) is 0 Å². The fraction of sp³-hybridized carbons (Fsp3) is 0.0500. The Balaban J connectivity index is 1.52. The minimum absolute atomic E-state index is 0.563. The average Bonchev–Trinajstić information content (AvgIpc) is 3.35. The monoisotopic (exact) mass is 426 g/mol. The molecule has 0 fully saturated rings. The Labute approximate surface area is 175 Å². The fourth-order valence-corrected chi connectivity index (χ4v) is 4.30. The van der Waals surface area contributed by atoms with E-state index in [-0.39, 0.29) is 0 Å². The summed E-state index contributed by atoms with van der Waals surface area (Å²) in [6, 6.07) is 19.0. The van der Waals surface area contributed by atoms with Gasteiger partial charge in [0.15, 0.2) is 11.6 Å². The van der Waals surface area contributed by atoms with E-state index >= 15 is 0 Å². The number of fused-ring (bicyclic) bond motifs is 1. The summed E-state index contributed by atoms with van der Waals surface area (Å²) in [6.45, 7) is 0. The van der Waals surface area contributed by atoms with Gasteiger partial charge in [-0.25, -0.2) is 0 Å². The molecule has 0 atom stereocenters. The van der Waals surface area contributed by atoms with Crippen LogP contribution >= 0.6 is 35.0 Å². The third-order valence-electron chi connectivity index (χ3n) is 4.24. The van der Waals surface area contributed by atoms with Crippen LogP contribution in [0, 0.1) is 0 Å². The molecule has 0 N–H and O–H groups in total. The minimum Gasteiger partial charge on any atom is -0.455 e. The van der Waals surface area contributed by atoms with Gasteiger partial charge in [-0.05, 0) is 30.3 Å². The van der Waals surface area contributed by atoms with Gasteiger partial charge in [-0.3, -0.25) is 0 Å². The lowest BCUT2D eigenvalue weighted by Crippen LogP contribution is -2.13. The van der Waals surface area contributed by atoms with Crippen molar-refractivity contribution in [3.63, 3.8) is 0 Å². The summed E-state index contributed by atoms with van der Waals surface area (Å²) in [7, 11) is 0. The van der Waals surface area contributed by atoms with E-state index in [1.807, 2.05) is 54.6 Å². The second-order valence-corrected chi connectivity index (χ2v) is 7.96. The number of hydrogen-bond acceptors (Lipinski definition) is 5. The Hall–Kier alpha value is -2.54. The summed E-state index contributed by atoms with van der Waals surface area (Å²) in [5, 5.41) is 15.2. The van der Waals surface area contributed by atoms with Crippen molar-refractivity contribution in [2.75, 3.05) is 5.75 Å². The summed E-state index contributed by atoms with van der Waals surface area (Å²) >= 11 is 13.8. The summed E-state index contributed by atoms with van der Waals surface area (Å²) in [5.74, 6) is 2.73. The zero-order chi connectivity index (χ0) is 19.1. The molecule has 8 heteroatoms. The Morgan fingerprint density at radius 1 is 0.857 bits per heavy atom. The molecule has 0 unspecified atom stereocenters. The van der Waals surface area contributed by atoms with Crippen molar-refractivity contribution in [1.29, 1.82) is 0 Å². The summed E-state index contributed by atoms with van der Waals surface area (Å²) in [6.07, 6.45) is 0. The zero-order valence-electron chi connectivity index (χ0n) is 14.3. The summed E-state index contributed by atoms with van der Waals surface area (Å²) in [5.41, 5.74) is 2.59. The van der Waals surface area contributed by atoms with Gasteiger partial charge >= 0.3 is 0 Å². The number of hydrogen-bond donors (Lipinski definition) is 0. The van der Waals surface area contributed by atoms with Crippen LogP contribution in [0.25, 0.3) is 22.7 Å². The van der Waals surface area contributed by atoms with Crippen LogP contribution in [-0.2, 0) is 0 Å². The van der Waals surface area contributed by atoms with Crippen LogP contribution in [0.15, 0.2) is 75.3 Å². The largest absolute Gasteiger partial charge is 0.455 e. The first kappa shape index (κ1) is 17.6. The Morgan fingerprint density at radius 2 is 1.61 bits per heavy atom. The molecule has 0 bridgehead atoms. The molecule has 4 aromatic rings. The lowest BCUT2D eigenvalue weighted by molar-refractivity contribution is 0.570. The van der Waals surface area contributed by atoms with Crippen molar-refractivity contribution < 1.29 is 4.42 Å². The summed E-state index contributed by atoms with van der Waals surface area (Å²) < 4.78 is 7.80. The van der Waals surface area contributed by atoms with Gasteiger partial charge in [-0.15, -0.1) is 10.2 Å². The third-order valence-corrected chi connectivity index (χ3v) is 5.61. The van der Waals surface area contributed by atoms with Crippen molar-refractivity contribution >= 4 is 40.7 Å². The van der Waals surface area contributed by atoms with Gasteiger partial charge in [-0.2, -0.15) is 9.78 Å². The van der Waals surface area contributed by atoms with Crippen LogP contribution in [0.4, 0.5) is 0 Å². The molecule has 5 nitrogen and oxygen atoms in total. The minimum atomic E-state index is 0.563. The SMILES string of the molecule is Clc1cc(Cl)cc(-c2ccc(C3=Nn4c(nnc4-c4ccccc4)SC3)o2)c1. The van der Waals surface area contributed by atoms with Crippen LogP contribution in [0.1, 0.15) is 5.76 Å². The molecule has 1 aliphatic heterocycles. The molecule has 0 saturated carbocycles. The van der Waals surface area contributed by atoms with E-state index in [4.69, 9.17) is 32.7 Å². The Bertz CT molecular complexity index is 1180.